The molecule has 2 N–H and O–H groups in total. The second-order valence-corrected chi connectivity index (χ2v) is 6.28. The van der Waals surface area contributed by atoms with E-state index in [0.717, 1.165) is 17.1 Å². The molecule has 3 rings (SSSR count). The number of nitrogens with two attached hydrogens (primary N) is 1. The van der Waals surface area contributed by atoms with E-state index in [9.17, 15) is 0 Å². The highest BCUT2D eigenvalue weighted by Gasteiger charge is 2.17. The normalized spacial score (nSPS) is 11.0. The van der Waals surface area contributed by atoms with Gasteiger partial charge in [-0.3, -0.25) is 0 Å². The molecule has 0 unspecified atom stereocenters. The summed E-state index contributed by atoms with van der Waals surface area (Å²) in [4.78, 5) is 0. The molecular formula is C20H23N3. The zero-order valence-electron chi connectivity index (χ0n) is 14.2. The maximum atomic E-state index is 6.32. The van der Waals surface area contributed by atoms with Crippen molar-refractivity contribution in [2.75, 3.05) is 5.73 Å². The fourth-order valence-electron chi connectivity index (χ4n) is 3.23. The van der Waals surface area contributed by atoms with Gasteiger partial charge < -0.3 is 5.73 Å². The Bertz CT molecular complexity index is 822. The standard InChI is InChI=1S/C20H23N3/c1-13-10-14(2)18(15(3)11-13)19-16(4)20(21)23(22-19)12-17-8-6-5-7-9-17/h5-11H,12,21H2,1-4H3. The Morgan fingerprint density at radius 3 is 2.17 bits per heavy atom. The van der Waals surface area contributed by atoms with Crippen molar-refractivity contribution < 1.29 is 0 Å². The van der Waals surface area contributed by atoms with Crippen LogP contribution in [0.15, 0.2) is 42.5 Å². The molecule has 1 heterocycles. The van der Waals surface area contributed by atoms with Crippen LogP contribution in [0.1, 0.15) is 27.8 Å². The summed E-state index contributed by atoms with van der Waals surface area (Å²) in [7, 11) is 0. The van der Waals surface area contributed by atoms with E-state index in [1.807, 2.05) is 22.9 Å². The lowest BCUT2D eigenvalue weighted by molar-refractivity contribution is 0.699. The van der Waals surface area contributed by atoms with Gasteiger partial charge in [0.1, 0.15) is 5.82 Å². The number of anilines is 1. The first-order valence-electron chi connectivity index (χ1n) is 7.92. The molecule has 118 valence electrons. The Labute approximate surface area is 137 Å². The molecule has 0 saturated heterocycles. The van der Waals surface area contributed by atoms with Crippen molar-refractivity contribution in [1.82, 2.24) is 9.78 Å². The summed E-state index contributed by atoms with van der Waals surface area (Å²) in [5.74, 6) is 0.739. The first kappa shape index (κ1) is 15.3. The predicted molar refractivity (Wildman–Crippen MR) is 96.6 cm³/mol. The highest BCUT2D eigenvalue weighted by molar-refractivity contribution is 5.74. The van der Waals surface area contributed by atoms with E-state index in [-0.39, 0.29) is 0 Å². The van der Waals surface area contributed by atoms with Crippen molar-refractivity contribution in [1.29, 1.82) is 0 Å². The van der Waals surface area contributed by atoms with E-state index in [0.29, 0.717) is 6.54 Å². The van der Waals surface area contributed by atoms with E-state index in [1.54, 1.807) is 0 Å². The van der Waals surface area contributed by atoms with Gasteiger partial charge in [0.25, 0.3) is 0 Å². The summed E-state index contributed by atoms with van der Waals surface area (Å²) < 4.78 is 1.90. The predicted octanol–water partition coefficient (Wildman–Crippen LogP) is 4.41. The number of hydrogen-bond acceptors (Lipinski definition) is 2. The zero-order chi connectivity index (χ0) is 16.6. The smallest absolute Gasteiger partial charge is 0.125 e. The van der Waals surface area contributed by atoms with Gasteiger partial charge in [0.2, 0.25) is 0 Å². The van der Waals surface area contributed by atoms with Gasteiger partial charge in [-0.1, -0.05) is 48.0 Å². The molecule has 3 aromatic rings. The average molecular weight is 305 g/mol. The van der Waals surface area contributed by atoms with E-state index < -0.39 is 0 Å². The monoisotopic (exact) mass is 305 g/mol. The molecule has 0 bridgehead atoms. The third-order valence-corrected chi connectivity index (χ3v) is 4.33. The minimum Gasteiger partial charge on any atom is -0.384 e. The zero-order valence-corrected chi connectivity index (χ0v) is 14.2. The molecule has 0 saturated carbocycles. The largest absolute Gasteiger partial charge is 0.384 e. The molecule has 1 aromatic heterocycles. The molecule has 0 spiro atoms. The van der Waals surface area contributed by atoms with Gasteiger partial charge >= 0.3 is 0 Å². The molecule has 0 atom stereocenters. The van der Waals surface area contributed by atoms with Crippen LogP contribution in [0.25, 0.3) is 11.3 Å². The molecule has 23 heavy (non-hydrogen) atoms. The summed E-state index contributed by atoms with van der Waals surface area (Å²) in [5, 5.41) is 4.82. The first-order valence-corrected chi connectivity index (χ1v) is 7.92. The summed E-state index contributed by atoms with van der Waals surface area (Å²) >= 11 is 0. The summed E-state index contributed by atoms with van der Waals surface area (Å²) in [6, 6.07) is 14.7. The lowest BCUT2D eigenvalue weighted by Crippen LogP contribution is -2.06. The molecule has 0 amide bonds. The Hall–Kier alpha value is -2.55. The molecule has 3 nitrogen and oxygen atoms in total. The van der Waals surface area contributed by atoms with E-state index >= 15 is 0 Å². The number of rotatable bonds is 3. The second-order valence-electron chi connectivity index (χ2n) is 6.28. The van der Waals surface area contributed by atoms with Gasteiger partial charge in [-0.25, -0.2) is 4.68 Å². The van der Waals surface area contributed by atoms with Gasteiger partial charge in [0.05, 0.1) is 12.2 Å². The van der Waals surface area contributed by atoms with Crippen molar-refractivity contribution in [3.8, 4) is 11.3 Å². The highest BCUT2D eigenvalue weighted by atomic mass is 15.3. The fourth-order valence-corrected chi connectivity index (χ4v) is 3.23. The second kappa shape index (κ2) is 5.92. The molecule has 0 aliphatic heterocycles. The van der Waals surface area contributed by atoms with Crippen molar-refractivity contribution in [3.05, 3.63) is 70.3 Å². The Morgan fingerprint density at radius 1 is 0.957 bits per heavy atom. The SMILES string of the molecule is Cc1cc(C)c(-c2nn(Cc3ccccc3)c(N)c2C)c(C)c1. The maximum Gasteiger partial charge on any atom is 0.125 e. The minimum absolute atomic E-state index is 0.692. The quantitative estimate of drug-likeness (QED) is 0.778. The lowest BCUT2D eigenvalue weighted by Gasteiger charge is -2.10. The third-order valence-electron chi connectivity index (χ3n) is 4.33. The molecule has 0 radical (unpaired) electrons. The van der Waals surface area contributed by atoms with Crippen LogP contribution in [0.5, 0.6) is 0 Å². The van der Waals surface area contributed by atoms with Crippen LogP contribution >= 0.6 is 0 Å². The van der Waals surface area contributed by atoms with Gasteiger partial charge in [0.15, 0.2) is 0 Å². The minimum atomic E-state index is 0.692. The Morgan fingerprint density at radius 2 is 1.57 bits per heavy atom. The number of aromatic nitrogens is 2. The van der Waals surface area contributed by atoms with Crippen LogP contribution in [0.3, 0.4) is 0 Å². The van der Waals surface area contributed by atoms with Crippen LogP contribution < -0.4 is 5.73 Å². The van der Waals surface area contributed by atoms with Crippen LogP contribution in [0.4, 0.5) is 5.82 Å². The average Bonchev–Trinajstić information content (AvgIpc) is 2.76. The maximum absolute atomic E-state index is 6.32. The van der Waals surface area contributed by atoms with Crippen LogP contribution in [0, 0.1) is 27.7 Å². The molecule has 0 fully saturated rings. The number of benzene rings is 2. The lowest BCUT2D eigenvalue weighted by atomic mass is 9.96. The van der Waals surface area contributed by atoms with E-state index in [1.165, 1.54) is 27.8 Å². The number of nitrogen functional groups attached to an aromatic ring is 1. The fraction of sp³-hybridized carbons (Fsp3) is 0.250. The van der Waals surface area contributed by atoms with Crippen LogP contribution in [-0.2, 0) is 6.54 Å². The topological polar surface area (TPSA) is 43.8 Å². The number of aryl methyl sites for hydroxylation is 3. The van der Waals surface area contributed by atoms with E-state index in [4.69, 9.17) is 10.8 Å². The highest BCUT2D eigenvalue weighted by Crippen LogP contribution is 2.32. The summed E-state index contributed by atoms with van der Waals surface area (Å²) in [6.45, 7) is 9.15. The van der Waals surface area contributed by atoms with E-state index in [2.05, 4.69) is 52.0 Å². The number of nitrogens with zero attached hydrogens (tertiary/aromatic N) is 2. The van der Waals surface area contributed by atoms with Gasteiger partial charge in [-0.2, -0.15) is 5.10 Å². The molecular weight excluding hydrogens is 282 g/mol. The van der Waals surface area contributed by atoms with Crippen molar-refractivity contribution in [2.45, 2.75) is 34.2 Å². The van der Waals surface area contributed by atoms with Crippen LogP contribution in [0.2, 0.25) is 0 Å². The summed E-state index contributed by atoms with van der Waals surface area (Å²) in [5.41, 5.74) is 14.5. The molecule has 0 aliphatic carbocycles. The Balaban J connectivity index is 2.07. The van der Waals surface area contributed by atoms with Gasteiger partial charge in [-0.15, -0.1) is 0 Å². The summed E-state index contributed by atoms with van der Waals surface area (Å²) in [6.07, 6.45) is 0. The van der Waals surface area contributed by atoms with Gasteiger partial charge in [-0.05, 0) is 44.4 Å². The molecule has 0 aliphatic rings. The van der Waals surface area contributed by atoms with Crippen molar-refractivity contribution in [3.63, 3.8) is 0 Å². The third kappa shape index (κ3) is 2.87. The van der Waals surface area contributed by atoms with Crippen LogP contribution in [-0.4, -0.2) is 9.78 Å². The molecule has 2 aromatic carbocycles. The molecule has 3 heteroatoms. The number of hydrogen-bond donors (Lipinski definition) is 1. The van der Waals surface area contributed by atoms with Crippen molar-refractivity contribution >= 4 is 5.82 Å². The first-order chi connectivity index (χ1) is 11.0. The van der Waals surface area contributed by atoms with Crippen molar-refractivity contribution in [2.24, 2.45) is 0 Å². The Kier molecular flexibility index (Phi) is 3.95. The van der Waals surface area contributed by atoms with Gasteiger partial charge in [0, 0.05) is 11.1 Å².